The van der Waals surface area contributed by atoms with Crippen LogP contribution in [0.5, 0.6) is 0 Å². The van der Waals surface area contributed by atoms with Gasteiger partial charge in [0.05, 0.1) is 6.42 Å². The molecule has 17 heavy (non-hydrogen) atoms. The second-order valence-electron chi connectivity index (χ2n) is 5.00. The first-order valence-electron chi connectivity index (χ1n) is 5.48. The number of primary amides is 1. The van der Waals surface area contributed by atoms with Crippen molar-refractivity contribution in [3.63, 3.8) is 0 Å². The lowest BCUT2D eigenvalue weighted by molar-refractivity contribution is -0.123. The van der Waals surface area contributed by atoms with Crippen LogP contribution in [-0.2, 0) is 16.0 Å². The maximum atomic E-state index is 11.8. The SMILES string of the molecule is CC(C)(C)C(=O)Nc1ccccc1CC(N)=O. The highest BCUT2D eigenvalue weighted by atomic mass is 16.2. The van der Waals surface area contributed by atoms with Gasteiger partial charge in [0.15, 0.2) is 0 Å². The minimum Gasteiger partial charge on any atom is -0.369 e. The first kappa shape index (κ1) is 13.2. The molecule has 0 saturated heterocycles. The Morgan fingerprint density at radius 1 is 1.24 bits per heavy atom. The summed E-state index contributed by atoms with van der Waals surface area (Å²) in [6.07, 6.45) is 0.126. The molecule has 4 nitrogen and oxygen atoms in total. The normalized spacial score (nSPS) is 11.0. The zero-order valence-corrected chi connectivity index (χ0v) is 10.4. The lowest BCUT2D eigenvalue weighted by Gasteiger charge is -2.19. The summed E-state index contributed by atoms with van der Waals surface area (Å²) < 4.78 is 0. The lowest BCUT2D eigenvalue weighted by atomic mass is 9.95. The van der Waals surface area contributed by atoms with Crippen molar-refractivity contribution in [2.75, 3.05) is 5.32 Å². The molecule has 0 aliphatic rings. The third kappa shape index (κ3) is 3.90. The van der Waals surface area contributed by atoms with Crippen molar-refractivity contribution in [1.29, 1.82) is 0 Å². The van der Waals surface area contributed by atoms with Crippen molar-refractivity contribution in [2.24, 2.45) is 11.1 Å². The minimum absolute atomic E-state index is 0.0885. The summed E-state index contributed by atoms with van der Waals surface area (Å²) >= 11 is 0. The number of rotatable bonds is 3. The van der Waals surface area contributed by atoms with Crippen LogP contribution in [0.15, 0.2) is 24.3 Å². The molecule has 0 aromatic heterocycles. The predicted octanol–water partition coefficient (Wildman–Crippen LogP) is 1.70. The Morgan fingerprint density at radius 3 is 2.35 bits per heavy atom. The molecule has 4 heteroatoms. The summed E-state index contributed by atoms with van der Waals surface area (Å²) in [5.41, 5.74) is 6.06. The number of benzene rings is 1. The first-order valence-corrected chi connectivity index (χ1v) is 5.48. The van der Waals surface area contributed by atoms with E-state index in [-0.39, 0.29) is 12.3 Å². The van der Waals surface area contributed by atoms with Crippen LogP contribution in [0.1, 0.15) is 26.3 Å². The number of para-hydroxylation sites is 1. The minimum atomic E-state index is -0.472. The van der Waals surface area contributed by atoms with E-state index in [2.05, 4.69) is 5.32 Å². The van der Waals surface area contributed by atoms with Gasteiger partial charge in [-0.3, -0.25) is 9.59 Å². The molecular weight excluding hydrogens is 216 g/mol. The van der Waals surface area contributed by atoms with Crippen molar-refractivity contribution >= 4 is 17.5 Å². The van der Waals surface area contributed by atoms with E-state index in [1.54, 1.807) is 12.1 Å². The van der Waals surface area contributed by atoms with Gasteiger partial charge in [-0.1, -0.05) is 39.0 Å². The van der Waals surface area contributed by atoms with Gasteiger partial charge in [-0.25, -0.2) is 0 Å². The Hall–Kier alpha value is -1.84. The first-order chi connectivity index (χ1) is 7.80. The lowest BCUT2D eigenvalue weighted by Crippen LogP contribution is -2.28. The molecule has 1 rings (SSSR count). The molecule has 0 unspecified atom stereocenters. The van der Waals surface area contributed by atoms with Crippen molar-refractivity contribution in [3.8, 4) is 0 Å². The molecule has 92 valence electrons. The molecule has 1 aromatic rings. The molecular formula is C13H18N2O2. The monoisotopic (exact) mass is 234 g/mol. The van der Waals surface area contributed by atoms with Gasteiger partial charge in [0.2, 0.25) is 11.8 Å². The van der Waals surface area contributed by atoms with Crippen LogP contribution in [0.2, 0.25) is 0 Å². The van der Waals surface area contributed by atoms with Crippen molar-refractivity contribution in [3.05, 3.63) is 29.8 Å². The van der Waals surface area contributed by atoms with Crippen LogP contribution < -0.4 is 11.1 Å². The number of hydrogen-bond acceptors (Lipinski definition) is 2. The Morgan fingerprint density at radius 2 is 1.82 bits per heavy atom. The number of carbonyl (C=O) groups excluding carboxylic acids is 2. The summed E-state index contributed by atoms with van der Waals surface area (Å²) in [5, 5.41) is 2.81. The summed E-state index contributed by atoms with van der Waals surface area (Å²) in [5.74, 6) is -0.503. The molecule has 2 amide bonds. The Kier molecular flexibility index (Phi) is 3.89. The van der Waals surface area contributed by atoms with Gasteiger partial charge in [0.1, 0.15) is 0 Å². The van der Waals surface area contributed by atoms with Crippen LogP contribution in [0.4, 0.5) is 5.69 Å². The smallest absolute Gasteiger partial charge is 0.229 e. The van der Waals surface area contributed by atoms with E-state index in [1.807, 2.05) is 32.9 Å². The molecule has 0 heterocycles. The highest BCUT2D eigenvalue weighted by Gasteiger charge is 2.21. The maximum Gasteiger partial charge on any atom is 0.229 e. The molecule has 0 spiro atoms. The number of amides is 2. The van der Waals surface area contributed by atoms with E-state index in [0.29, 0.717) is 5.69 Å². The highest BCUT2D eigenvalue weighted by Crippen LogP contribution is 2.20. The highest BCUT2D eigenvalue weighted by molar-refractivity contribution is 5.95. The second-order valence-corrected chi connectivity index (χ2v) is 5.00. The van der Waals surface area contributed by atoms with E-state index in [4.69, 9.17) is 5.73 Å². The van der Waals surface area contributed by atoms with Gasteiger partial charge in [-0.15, -0.1) is 0 Å². The van der Waals surface area contributed by atoms with Gasteiger partial charge in [0.25, 0.3) is 0 Å². The largest absolute Gasteiger partial charge is 0.369 e. The second kappa shape index (κ2) is 4.99. The summed E-state index contributed by atoms with van der Waals surface area (Å²) in [6.45, 7) is 5.50. The zero-order valence-electron chi connectivity index (χ0n) is 10.4. The molecule has 0 radical (unpaired) electrons. The van der Waals surface area contributed by atoms with Crippen molar-refractivity contribution < 1.29 is 9.59 Å². The molecule has 0 atom stereocenters. The average molecular weight is 234 g/mol. The van der Waals surface area contributed by atoms with Crippen molar-refractivity contribution in [1.82, 2.24) is 0 Å². The third-order valence-corrected chi connectivity index (χ3v) is 2.31. The maximum absolute atomic E-state index is 11.8. The number of carbonyl (C=O) groups is 2. The zero-order chi connectivity index (χ0) is 13.1. The number of nitrogens with two attached hydrogens (primary N) is 1. The quantitative estimate of drug-likeness (QED) is 0.835. The van der Waals surface area contributed by atoms with E-state index >= 15 is 0 Å². The fourth-order valence-corrected chi connectivity index (χ4v) is 1.29. The number of hydrogen-bond donors (Lipinski definition) is 2. The fraction of sp³-hybridized carbons (Fsp3) is 0.385. The standard InChI is InChI=1S/C13H18N2O2/c1-13(2,3)12(17)15-10-7-5-4-6-9(10)8-11(14)16/h4-7H,8H2,1-3H3,(H2,14,16)(H,15,17). The molecule has 0 aliphatic heterocycles. The van der Waals surface area contributed by atoms with E-state index < -0.39 is 11.3 Å². The van der Waals surface area contributed by atoms with Gasteiger partial charge in [-0.2, -0.15) is 0 Å². The topological polar surface area (TPSA) is 72.2 Å². The van der Waals surface area contributed by atoms with Gasteiger partial charge in [0, 0.05) is 11.1 Å². The van der Waals surface area contributed by atoms with Gasteiger partial charge >= 0.3 is 0 Å². The van der Waals surface area contributed by atoms with Crippen molar-refractivity contribution in [2.45, 2.75) is 27.2 Å². The van der Waals surface area contributed by atoms with Crippen LogP contribution >= 0.6 is 0 Å². The molecule has 0 fully saturated rings. The summed E-state index contributed by atoms with van der Waals surface area (Å²) in [6, 6.07) is 7.17. The number of nitrogens with one attached hydrogen (secondary N) is 1. The molecule has 3 N–H and O–H groups in total. The number of anilines is 1. The Bertz CT molecular complexity index is 433. The predicted molar refractivity (Wildman–Crippen MR) is 67.4 cm³/mol. The van der Waals surface area contributed by atoms with Gasteiger partial charge in [-0.05, 0) is 11.6 Å². The van der Waals surface area contributed by atoms with E-state index in [0.717, 1.165) is 5.56 Å². The van der Waals surface area contributed by atoms with E-state index in [1.165, 1.54) is 0 Å². The van der Waals surface area contributed by atoms with Gasteiger partial charge < -0.3 is 11.1 Å². The summed E-state index contributed by atoms with van der Waals surface area (Å²) in [4.78, 5) is 22.8. The molecule has 0 saturated carbocycles. The Balaban J connectivity index is 2.91. The fourth-order valence-electron chi connectivity index (χ4n) is 1.29. The van der Waals surface area contributed by atoms with E-state index in [9.17, 15) is 9.59 Å². The average Bonchev–Trinajstić information content (AvgIpc) is 2.18. The summed E-state index contributed by atoms with van der Waals surface area (Å²) in [7, 11) is 0. The van der Waals surface area contributed by atoms with Crippen LogP contribution in [0.25, 0.3) is 0 Å². The Labute approximate surface area is 101 Å². The molecule has 0 bridgehead atoms. The van der Waals surface area contributed by atoms with Crippen LogP contribution in [-0.4, -0.2) is 11.8 Å². The molecule has 0 aliphatic carbocycles. The van der Waals surface area contributed by atoms with Crippen LogP contribution in [0.3, 0.4) is 0 Å². The molecule has 1 aromatic carbocycles. The van der Waals surface area contributed by atoms with Crippen LogP contribution in [0, 0.1) is 5.41 Å². The third-order valence-electron chi connectivity index (χ3n) is 2.31.